The van der Waals surface area contributed by atoms with Gasteiger partial charge in [0.2, 0.25) is 5.91 Å². The van der Waals surface area contributed by atoms with Crippen LogP contribution >= 0.6 is 22.6 Å². The lowest BCUT2D eigenvalue weighted by atomic mass is 10.1. The van der Waals surface area contributed by atoms with Crippen molar-refractivity contribution in [1.82, 2.24) is 29.6 Å². The largest absolute Gasteiger partial charge is 0.496 e. The van der Waals surface area contributed by atoms with Crippen molar-refractivity contribution in [3.8, 4) is 17.3 Å². The summed E-state index contributed by atoms with van der Waals surface area (Å²) in [6, 6.07) is 6.84. The second-order valence-corrected chi connectivity index (χ2v) is 9.30. The Morgan fingerprint density at radius 1 is 1.29 bits per heavy atom. The van der Waals surface area contributed by atoms with Gasteiger partial charge in [-0.2, -0.15) is 5.10 Å². The zero-order valence-electron chi connectivity index (χ0n) is 18.7. The first-order chi connectivity index (χ1) is 16.5. The topological polar surface area (TPSA) is 92.2 Å². The van der Waals surface area contributed by atoms with Crippen LogP contribution in [-0.2, 0) is 11.3 Å². The minimum absolute atomic E-state index is 0.0598. The molecule has 4 heterocycles. The first-order valence-corrected chi connectivity index (χ1v) is 11.9. The average Bonchev–Trinajstić information content (AvgIpc) is 3.48. The molecule has 176 valence electrons. The van der Waals surface area contributed by atoms with E-state index in [1.54, 1.807) is 36.4 Å². The lowest BCUT2D eigenvalue weighted by molar-refractivity contribution is -0.134. The minimum Gasteiger partial charge on any atom is -0.496 e. The maximum Gasteiger partial charge on any atom is 0.244 e. The number of anilines is 1. The number of aromatic nitrogens is 5. The third-order valence-corrected chi connectivity index (χ3v) is 6.87. The summed E-state index contributed by atoms with van der Waals surface area (Å²) in [6.07, 6.45) is 5.08. The summed E-state index contributed by atoms with van der Waals surface area (Å²) in [5.74, 6) is 0.903. The highest BCUT2D eigenvalue weighted by atomic mass is 127. The molecule has 1 N–H and O–H groups in total. The average molecular weight is 575 g/mol. The van der Waals surface area contributed by atoms with E-state index in [1.807, 2.05) is 28.9 Å². The summed E-state index contributed by atoms with van der Waals surface area (Å²) < 4.78 is 22.4. The van der Waals surface area contributed by atoms with Gasteiger partial charge in [-0.1, -0.05) is 0 Å². The Hall–Kier alpha value is -3.22. The quantitative estimate of drug-likeness (QED) is 0.368. The van der Waals surface area contributed by atoms with Crippen LogP contribution in [0.1, 0.15) is 6.92 Å². The van der Waals surface area contributed by atoms with Crippen LogP contribution in [-0.4, -0.2) is 68.3 Å². The summed E-state index contributed by atoms with van der Waals surface area (Å²) >= 11 is 2.06. The number of nitrogens with zero attached hydrogens (tertiary/aromatic N) is 6. The number of halogens is 2. The fraction of sp³-hybridized carbons (Fsp3) is 0.304. The van der Waals surface area contributed by atoms with E-state index in [-0.39, 0.29) is 24.3 Å². The summed E-state index contributed by atoms with van der Waals surface area (Å²) in [5.41, 5.74) is 1.77. The molecule has 1 aromatic carbocycles. The molecule has 1 fully saturated rings. The second kappa shape index (κ2) is 9.20. The van der Waals surface area contributed by atoms with Crippen molar-refractivity contribution >= 4 is 45.2 Å². The van der Waals surface area contributed by atoms with E-state index in [0.29, 0.717) is 48.2 Å². The Labute approximate surface area is 209 Å². The molecule has 4 aromatic rings. The molecule has 1 saturated heterocycles. The number of ether oxygens (including phenoxy) is 1. The van der Waals surface area contributed by atoms with Gasteiger partial charge in [-0.15, -0.1) is 0 Å². The van der Waals surface area contributed by atoms with Crippen molar-refractivity contribution in [2.75, 3.05) is 31.6 Å². The molecule has 0 bridgehead atoms. The number of benzene rings is 1. The number of nitrogens with one attached hydrogen (secondary N) is 1. The van der Waals surface area contributed by atoms with Crippen LogP contribution in [0.2, 0.25) is 0 Å². The molecule has 1 atom stereocenters. The number of methoxy groups -OCH3 is 1. The number of aromatic amines is 1. The molecule has 0 spiro atoms. The van der Waals surface area contributed by atoms with Gasteiger partial charge in [-0.3, -0.25) is 4.79 Å². The molecule has 0 radical (unpaired) electrons. The number of imidazole rings is 1. The maximum atomic E-state index is 14.7. The van der Waals surface area contributed by atoms with Gasteiger partial charge >= 0.3 is 0 Å². The Balaban J connectivity index is 1.34. The zero-order valence-corrected chi connectivity index (χ0v) is 20.9. The Morgan fingerprint density at radius 2 is 2.15 bits per heavy atom. The normalized spacial score (nSPS) is 16.3. The molecule has 1 aliphatic heterocycles. The minimum atomic E-state index is -0.295. The molecule has 34 heavy (non-hydrogen) atoms. The van der Waals surface area contributed by atoms with E-state index in [4.69, 9.17) is 4.74 Å². The third kappa shape index (κ3) is 4.08. The summed E-state index contributed by atoms with van der Waals surface area (Å²) in [4.78, 5) is 28.9. The van der Waals surface area contributed by atoms with Gasteiger partial charge in [-0.25, -0.2) is 19.0 Å². The molecule has 1 aliphatic rings. The van der Waals surface area contributed by atoms with E-state index >= 15 is 0 Å². The van der Waals surface area contributed by atoms with E-state index in [2.05, 4.69) is 42.6 Å². The predicted molar refractivity (Wildman–Crippen MR) is 134 cm³/mol. The van der Waals surface area contributed by atoms with Crippen molar-refractivity contribution in [1.29, 1.82) is 0 Å². The monoisotopic (exact) mass is 575 g/mol. The first kappa shape index (κ1) is 22.6. The van der Waals surface area contributed by atoms with Crippen molar-refractivity contribution in [3.05, 3.63) is 52.2 Å². The maximum absolute atomic E-state index is 14.7. The molecule has 5 rings (SSSR count). The molecule has 0 aliphatic carbocycles. The van der Waals surface area contributed by atoms with Crippen LogP contribution in [0, 0.1) is 9.39 Å². The second-order valence-electron chi connectivity index (χ2n) is 8.14. The SMILES string of the molecule is COc1cc(N2CCN(C(=O)Cn3nc(-c4ncc[nH]4)c4cccnc43)[C@@H](C)C2)c(F)cc1I. The standard InChI is InChI=1S/C23H23FIN7O2/c1-14-12-30(18-11-19(34-2)17(25)10-16(18)24)8-9-31(14)20(33)13-32-23-15(4-3-5-28-23)21(29-32)22-26-6-7-27-22/h3-7,10-11,14H,8-9,12-13H2,1-2H3,(H,26,27)/t14-/m0/s1. The number of pyridine rings is 1. The fourth-order valence-corrected chi connectivity index (χ4v) is 5.02. The van der Waals surface area contributed by atoms with Gasteiger partial charge in [0, 0.05) is 50.3 Å². The fourth-order valence-electron chi connectivity index (χ4n) is 4.37. The Bertz CT molecular complexity index is 1340. The van der Waals surface area contributed by atoms with Crippen LogP contribution in [0.4, 0.5) is 10.1 Å². The molecule has 0 unspecified atom stereocenters. The molecule has 0 saturated carbocycles. The summed E-state index contributed by atoms with van der Waals surface area (Å²) in [7, 11) is 1.57. The molecule has 1 amide bonds. The van der Waals surface area contributed by atoms with Gasteiger partial charge in [0.05, 0.1) is 21.8 Å². The van der Waals surface area contributed by atoms with Crippen LogP contribution in [0.3, 0.4) is 0 Å². The highest BCUT2D eigenvalue weighted by Gasteiger charge is 2.30. The third-order valence-electron chi connectivity index (χ3n) is 6.02. The van der Waals surface area contributed by atoms with Crippen LogP contribution in [0.25, 0.3) is 22.6 Å². The van der Waals surface area contributed by atoms with Crippen molar-refractivity contribution in [2.45, 2.75) is 19.5 Å². The smallest absolute Gasteiger partial charge is 0.244 e. The number of carbonyl (C=O) groups is 1. The summed E-state index contributed by atoms with van der Waals surface area (Å²) in [6.45, 7) is 3.55. The van der Waals surface area contributed by atoms with E-state index < -0.39 is 0 Å². The van der Waals surface area contributed by atoms with Gasteiger partial charge in [-0.05, 0) is 47.7 Å². The number of piperazine rings is 1. The summed E-state index contributed by atoms with van der Waals surface area (Å²) in [5, 5.41) is 5.46. The lowest BCUT2D eigenvalue weighted by Gasteiger charge is -2.41. The number of H-pyrrole nitrogens is 1. The van der Waals surface area contributed by atoms with E-state index in [1.165, 1.54) is 6.07 Å². The number of hydrogen-bond donors (Lipinski definition) is 1. The molecule has 3 aromatic heterocycles. The highest BCUT2D eigenvalue weighted by Crippen LogP contribution is 2.31. The number of carbonyl (C=O) groups excluding carboxylic acids is 1. The lowest BCUT2D eigenvalue weighted by Crippen LogP contribution is -2.55. The van der Waals surface area contributed by atoms with Gasteiger partial charge in [0.25, 0.3) is 0 Å². The van der Waals surface area contributed by atoms with Crippen molar-refractivity contribution in [3.63, 3.8) is 0 Å². The van der Waals surface area contributed by atoms with E-state index in [0.717, 1.165) is 8.96 Å². The van der Waals surface area contributed by atoms with Gasteiger partial charge in [0.1, 0.15) is 23.8 Å². The van der Waals surface area contributed by atoms with Gasteiger partial charge < -0.3 is 19.5 Å². The molecular weight excluding hydrogens is 552 g/mol. The first-order valence-electron chi connectivity index (χ1n) is 10.8. The van der Waals surface area contributed by atoms with Crippen molar-refractivity contribution in [2.24, 2.45) is 0 Å². The van der Waals surface area contributed by atoms with Crippen LogP contribution in [0.15, 0.2) is 42.9 Å². The highest BCUT2D eigenvalue weighted by molar-refractivity contribution is 14.1. The number of hydrogen-bond acceptors (Lipinski definition) is 6. The molecular formula is C23H23FIN7O2. The molecule has 9 nitrogen and oxygen atoms in total. The van der Waals surface area contributed by atoms with Gasteiger partial charge in [0.15, 0.2) is 11.5 Å². The molecule has 11 heteroatoms. The predicted octanol–water partition coefficient (Wildman–Crippen LogP) is 3.31. The van der Waals surface area contributed by atoms with Crippen LogP contribution in [0.5, 0.6) is 5.75 Å². The van der Waals surface area contributed by atoms with E-state index in [9.17, 15) is 9.18 Å². The Kier molecular flexibility index (Phi) is 6.11. The number of amides is 1. The van der Waals surface area contributed by atoms with Crippen molar-refractivity contribution < 1.29 is 13.9 Å². The number of rotatable bonds is 5. The Morgan fingerprint density at radius 3 is 2.88 bits per heavy atom. The number of fused-ring (bicyclic) bond motifs is 1. The van der Waals surface area contributed by atoms with Crippen LogP contribution < -0.4 is 9.64 Å². The zero-order chi connectivity index (χ0) is 23.8.